The average molecular weight is 287 g/mol. The molecular formula is C17H25N3O. The highest BCUT2D eigenvalue weighted by molar-refractivity contribution is 5.78. The highest BCUT2D eigenvalue weighted by Crippen LogP contribution is 2.14. The van der Waals surface area contributed by atoms with Crippen LogP contribution < -0.4 is 5.32 Å². The first-order chi connectivity index (χ1) is 10.3. The van der Waals surface area contributed by atoms with Gasteiger partial charge in [-0.05, 0) is 37.1 Å². The fourth-order valence-electron chi connectivity index (χ4n) is 3.16. The molecule has 0 saturated carbocycles. The number of benzene rings is 1. The second-order valence-corrected chi connectivity index (χ2v) is 6.11. The van der Waals surface area contributed by atoms with E-state index in [4.69, 9.17) is 0 Å². The number of carbonyl (C=O) groups excluding carboxylic acids is 1. The van der Waals surface area contributed by atoms with Gasteiger partial charge in [0.25, 0.3) is 0 Å². The quantitative estimate of drug-likeness (QED) is 0.905. The summed E-state index contributed by atoms with van der Waals surface area (Å²) in [5.41, 5.74) is 2.49. The van der Waals surface area contributed by atoms with Crippen LogP contribution in [-0.2, 0) is 17.8 Å². The Morgan fingerprint density at radius 3 is 2.24 bits per heavy atom. The van der Waals surface area contributed by atoms with Crippen LogP contribution >= 0.6 is 0 Å². The Kier molecular flexibility index (Phi) is 4.88. The zero-order valence-electron chi connectivity index (χ0n) is 12.7. The van der Waals surface area contributed by atoms with E-state index in [1.807, 2.05) is 4.90 Å². The van der Waals surface area contributed by atoms with Crippen molar-refractivity contribution in [2.24, 2.45) is 0 Å². The maximum Gasteiger partial charge on any atom is 0.227 e. The molecule has 114 valence electrons. The van der Waals surface area contributed by atoms with Crippen molar-refractivity contribution in [2.75, 3.05) is 39.3 Å². The largest absolute Gasteiger partial charge is 0.340 e. The normalized spacial score (nSPS) is 19.9. The van der Waals surface area contributed by atoms with Gasteiger partial charge in [0.2, 0.25) is 5.91 Å². The summed E-state index contributed by atoms with van der Waals surface area (Å²) in [6.45, 7) is 7.01. The molecule has 2 saturated heterocycles. The Morgan fingerprint density at radius 1 is 0.952 bits per heavy atom. The Bertz CT molecular complexity index is 459. The van der Waals surface area contributed by atoms with Crippen molar-refractivity contribution in [3.05, 3.63) is 35.4 Å². The van der Waals surface area contributed by atoms with Gasteiger partial charge in [-0.2, -0.15) is 0 Å². The number of nitrogens with zero attached hydrogens (tertiary/aromatic N) is 2. The van der Waals surface area contributed by atoms with Crippen LogP contribution in [0.3, 0.4) is 0 Å². The van der Waals surface area contributed by atoms with Gasteiger partial charge in [0.15, 0.2) is 0 Å². The zero-order valence-corrected chi connectivity index (χ0v) is 12.7. The van der Waals surface area contributed by atoms with E-state index in [1.165, 1.54) is 31.5 Å². The number of hydrogen-bond acceptors (Lipinski definition) is 3. The molecule has 1 aromatic carbocycles. The summed E-state index contributed by atoms with van der Waals surface area (Å²) in [5, 5.41) is 3.28. The minimum Gasteiger partial charge on any atom is -0.340 e. The van der Waals surface area contributed by atoms with Crippen LogP contribution in [0.4, 0.5) is 0 Å². The molecule has 2 fully saturated rings. The maximum atomic E-state index is 12.2. The Labute approximate surface area is 127 Å². The molecule has 2 aliphatic heterocycles. The van der Waals surface area contributed by atoms with Gasteiger partial charge < -0.3 is 10.2 Å². The molecule has 4 heteroatoms. The Morgan fingerprint density at radius 2 is 1.57 bits per heavy atom. The lowest BCUT2D eigenvalue weighted by molar-refractivity contribution is -0.131. The molecule has 1 amide bonds. The van der Waals surface area contributed by atoms with Crippen LogP contribution in [0, 0.1) is 0 Å². The van der Waals surface area contributed by atoms with E-state index in [2.05, 4.69) is 34.5 Å². The van der Waals surface area contributed by atoms with Gasteiger partial charge in [0, 0.05) is 32.7 Å². The molecule has 0 radical (unpaired) electrons. The van der Waals surface area contributed by atoms with Crippen molar-refractivity contribution in [1.82, 2.24) is 15.1 Å². The van der Waals surface area contributed by atoms with E-state index in [0.717, 1.165) is 38.3 Å². The van der Waals surface area contributed by atoms with Crippen molar-refractivity contribution < 1.29 is 4.79 Å². The first kappa shape index (κ1) is 14.5. The molecular weight excluding hydrogens is 262 g/mol. The molecule has 21 heavy (non-hydrogen) atoms. The summed E-state index contributed by atoms with van der Waals surface area (Å²) in [7, 11) is 0. The third kappa shape index (κ3) is 4.05. The molecule has 0 aromatic heterocycles. The van der Waals surface area contributed by atoms with Crippen molar-refractivity contribution >= 4 is 5.91 Å². The predicted molar refractivity (Wildman–Crippen MR) is 84.1 cm³/mol. The first-order valence-corrected chi connectivity index (χ1v) is 8.10. The molecule has 2 heterocycles. The van der Waals surface area contributed by atoms with Gasteiger partial charge in [0.1, 0.15) is 0 Å². The molecule has 4 nitrogen and oxygen atoms in total. The molecule has 3 rings (SSSR count). The van der Waals surface area contributed by atoms with Crippen molar-refractivity contribution in [2.45, 2.75) is 25.8 Å². The molecule has 1 aromatic rings. The fraction of sp³-hybridized carbons (Fsp3) is 0.588. The summed E-state index contributed by atoms with van der Waals surface area (Å²) in [4.78, 5) is 16.7. The number of carbonyl (C=O) groups is 1. The van der Waals surface area contributed by atoms with Gasteiger partial charge in [-0.15, -0.1) is 0 Å². The Hall–Kier alpha value is -1.39. The van der Waals surface area contributed by atoms with E-state index in [1.54, 1.807) is 0 Å². The summed E-state index contributed by atoms with van der Waals surface area (Å²) in [5.74, 6) is 0.254. The summed E-state index contributed by atoms with van der Waals surface area (Å²) in [6, 6.07) is 8.59. The number of hydrogen-bond donors (Lipinski definition) is 1. The van der Waals surface area contributed by atoms with Crippen LogP contribution in [0.5, 0.6) is 0 Å². The third-order valence-electron chi connectivity index (χ3n) is 4.45. The van der Waals surface area contributed by atoms with E-state index in [-0.39, 0.29) is 5.91 Å². The summed E-state index contributed by atoms with van der Waals surface area (Å²) in [6.07, 6.45) is 3.19. The summed E-state index contributed by atoms with van der Waals surface area (Å²) < 4.78 is 0. The minimum atomic E-state index is 0.254. The SMILES string of the molecule is O=C(Cc1ccc(CN2CCCC2)cc1)N1CCNCC1. The van der Waals surface area contributed by atoms with E-state index in [9.17, 15) is 4.79 Å². The molecule has 0 aliphatic carbocycles. The number of likely N-dealkylation sites (tertiary alicyclic amines) is 1. The second-order valence-electron chi connectivity index (χ2n) is 6.11. The van der Waals surface area contributed by atoms with Gasteiger partial charge in [-0.1, -0.05) is 24.3 Å². The fourth-order valence-corrected chi connectivity index (χ4v) is 3.16. The Balaban J connectivity index is 1.52. The monoisotopic (exact) mass is 287 g/mol. The molecule has 0 spiro atoms. The lowest BCUT2D eigenvalue weighted by atomic mass is 10.1. The molecule has 0 unspecified atom stereocenters. The molecule has 2 aliphatic rings. The number of amides is 1. The maximum absolute atomic E-state index is 12.2. The van der Waals surface area contributed by atoms with Crippen LogP contribution in [0.2, 0.25) is 0 Å². The van der Waals surface area contributed by atoms with Gasteiger partial charge in [-0.25, -0.2) is 0 Å². The van der Waals surface area contributed by atoms with Crippen molar-refractivity contribution in [1.29, 1.82) is 0 Å². The predicted octanol–water partition coefficient (Wildman–Crippen LogP) is 1.26. The van der Waals surface area contributed by atoms with Gasteiger partial charge in [0.05, 0.1) is 6.42 Å². The average Bonchev–Trinajstić information content (AvgIpc) is 3.03. The number of rotatable bonds is 4. The molecule has 0 atom stereocenters. The van der Waals surface area contributed by atoms with Crippen LogP contribution in [0.1, 0.15) is 24.0 Å². The van der Waals surface area contributed by atoms with Crippen LogP contribution in [0.15, 0.2) is 24.3 Å². The van der Waals surface area contributed by atoms with E-state index >= 15 is 0 Å². The van der Waals surface area contributed by atoms with Gasteiger partial charge in [-0.3, -0.25) is 9.69 Å². The standard InChI is InChI=1S/C17H25N3O/c21-17(20-11-7-18-8-12-20)13-15-3-5-16(6-4-15)14-19-9-1-2-10-19/h3-6,18H,1-2,7-14H2. The highest BCUT2D eigenvalue weighted by Gasteiger charge is 2.16. The zero-order chi connectivity index (χ0) is 14.5. The first-order valence-electron chi connectivity index (χ1n) is 8.10. The smallest absolute Gasteiger partial charge is 0.227 e. The third-order valence-corrected chi connectivity index (χ3v) is 4.45. The molecule has 1 N–H and O–H groups in total. The highest BCUT2D eigenvalue weighted by atomic mass is 16.2. The van der Waals surface area contributed by atoms with Gasteiger partial charge >= 0.3 is 0 Å². The van der Waals surface area contributed by atoms with E-state index < -0.39 is 0 Å². The topological polar surface area (TPSA) is 35.6 Å². The van der Waals surface area contributed by atoms with Crippen LogP contribution in [0.25, 0.3) is 0 Å². The summed E-state index contributed by atoms with van der Waals surface area (Å²) >= 11 is 0. The van der Waals surface area contributed by atoms with Crippen molar-refractivity contribution in [3.63, 3.8) is 0 Å². The second kappa shape index (κ2) is 7.05. The van der Waals surface area contributed by atoms with E-state index in [0.29, 0.717) is 6.42 Å². The lowest BCUT2D eigenvalue weighted by Crippen LogP contribution is -2.46. The lowest BCUT2D eigenvalue weighted by Gasteiger charge is -2.27. The minimum absolute atomic E-state index is 0.254. The molecule has 0 bridgehead atoms. The van der Waals surface area contributed by atoms with Crippen molar-refractivity contribution in [3.8, 4) is 0 Å². The number of piperazine rings is 1. The van der Waals surface area contributed by atoms with Crippen LogP contribution in [-0.4, -0.2) is 55.0 Å². The number of nitrogens with one attached hydrogen (secondary N) is 1.